The summed E-state index contributed by atoms with van der Waals surface area (Å²) in [5.41, 5.74) is -2.45. The van der Waals surface area contributed by atoms with Crippen LogP contribution in [0.25, 0.3) is 10.8 Å². The molecule has 0 bridgehead atoms. The lowest BCUT2D eigenvalue weighted by Gasteiger charge is -2.28. The predicted octanol–water partition coefficient (Wildman–Crippen LogP) is 6.65. The fraction of sp³-hybridized carbons (Fsp3) is 0.562. The number of hydrogen-bond acceptors (Lipinski definition) is 8. The zero-order chi connectivity index (χ0) is 32.3. The third-order valence-electron chi connectivity index (χ3n) is 5.22. The normalized spacial score (nSPS) is 13.9. The summed E-state index contributed by atoms with van der Waals surface area (Å²) < 4.78 is 22.1. The number of carbonyl (C=O) groups is 4. The highest BCUT2D eigenvalue weighted by atomic mass is 16.6. The van der Waals surface area contributed by atoms with Gasteiger partial charge in [0.15, 0.2) is 12.1 Å². The first-order chi connectivity index (χ1) is 19.0. The smallest absolute Gasteiger partial charge is 0.408 e. The maximum Gasteiger partial charge on any atom is 0.408 e. The molecule has 2 amide bonds. The Balaban J connectivity index is 2.70. The minimum Gasteiger partial charge on any atom is -0.458 e. The molecule has 0 aromatic heterocycles. The first kappa shape index (κ1) is 34.4. The summed E-state index contributed by atoms with van der Waals surface area (Å²) in [5, 5.41) is 6.38. The van der Waals surface area contributed by atoms with Crippen LogP contribution >= 0.6 is 0 Å². The fourth-order valence-electron chi connectivity index (χ4n) is 3.96. The van der Waals surface area contributed by atoms with Crippen molar-refractivity contribution in [1.82, 2.24) is 10.6 Å². The van der Waals surface area contributed by atoms with Crippen LogP contribution in [0.3, 0.4) is 0 Å². The van der Waals surface area contributed by atoms with E-state index in [2.05, 4.69) is 10.6 Å². The standard InChI is InChI=1S/C32H46N2O8/c1-29(2,3)39-25(35)23(33-27(37)41-31(7,8)9)21-17-13-16-20-19(21)15-14-18-22(20)24(26(36)40-30(4,5)6)34-28(38)42-32(10,11)12/h13-18,23-24H,1-12H3,(H,33,37)(H,34,38). The number of fused-ring (bicyclic) bond motifs is 1. The van der Waals surface area contributed by atoms with Crippen LogP contribution in [0, 0.1) is 0 Å². The van der Waals surface area contributed by atoms with Gasteiger partial charge in [-0.25, -0.2) is 19.2 Å². The molecule has 232 valence electrons. The van der Waals surface area contributed by atoms with E-state index in [0.717, 1.165) is 0 Å². The second-order valence-electron chi connectivity index (χ2n) is 14.0. The number of nitrogens with one attached hydrogen (secondary N) is 2. The highest BCUT2D eigenvalue weighted by Crippen LogP contribution is 2.33. The molecule has 0 fully saturated rings. The molecule has 0 saturated carbocycles. The quantitative estimate of drug-likeness (QED) is 0.284. The average molecular weight is 587 g/mol. The first-order valence-corrected chi connectivity index (χ1v) is 13.9. The van der Waals surface area contributed by atoms with Crippen molar-refractivity contribution >= 4 is 34.9 Å². The van der Waals surface area contributed by atoms with Gasteiger partial charge in [-0.1, -0.05) is 36.4 Å². The molecule has 2 aromatic carbocycles. The van der Waals surface area contributed by atoms with E-state index in [1.807, 2.05) is 0 Å². The van der Waals surface area contributed by atoms with Gasteiger partial charge in [0.2, 0.25) is 0 Å². The zero-order valence-electron chi connectivity index (χ0n) is 26.9. The molecule has 0 radical (unpaired) electrons. The van der Waals surface area contributed by atoms with Gasteiger partial charge >= 0.3 is 24.1 Å². The SMILES string of the molecule is CC(C)(C)OC(=O)NC(C(=O)OC(C)(C)C)c1cccc2c(C(NC(=O)OC(C)(C)C)C(=O)OC(C)(C)C)cccc12. The Labute approximate surface area is 248 Å². The molecule has 10 nitrogen and oxygen atoms in total. The fourth-order valence-corrected chi connectivity index (χ4v) is 3.96. The van der Waals surface area contributed by atoms with Crippen LogP contribution < -0.4 is 10.6 Å². The van der Waals surface area contributed by atoms with E-state index < -0.39 is 58.6 Å². The van der Waals surface area contributed by atoms with Crippen molar-refractivity contribution in [3.8, 4) is 0 Å². The summed E-state index contributed by atoms with van der Waals surface area (Å²) in [7, 11) is 0. The van der Waals surface area contributed by atoms with E-state index in [4.69, 9.17) is 18.9 Å². The van der Waals surface area contributed by atoms with Crippen molar-refractivity contribution in [2.75, 3.05) is 0 Å². The topological polar surface area (TPSA) is 129 Å². The molecule has 2 aromatic rings. The van der Waals surface area contributed by atoms with Crippen molar-refractivity contribution in [3.05, 3.63) is 47.5 Å². The molecule has 0 saturated heterocycles. The number of esters is 2. The van der Waals surface area contributed by atoms with Gasteiger partial charge in [0.05, 0.1) is 0 Å². The van der Waals surface area contributed by atoms with E-state index in [-0.39, 0.29) is 0 Å². The van der Waals surface area contributed by atoms with Crippen LogP contribution in [-0.2, 0) is 28.5 Å². The summed E-state index contributed by atoms with van der Waals surface area (Å²) in [5.74, 6) is -1.39. The maximum atomic E-state index is 13.4. The molecule has 0 heterocycles. The highest BCUT2D eigenvalue weighted by Gasteiger charge is 2.34. The average Bonchev–Trinajstić information content (AvgIpc) is 2.75. The lowest BCUT2D eigenvalue weighted by molar-refractivity contribution is -0.158. The van der Waals surface area contributed by atoms with E-state index >= 15 is 0 Å². The Kier molecular flexibility index (Phi) is 10.3. The number of ether oxygens (including phenoxy) is 4. The van der Waals surface area contributed by atoms with E-state index in [9.17, 15) is 19.2 Å². The predicted molar refractivity (Wildman–Crippen MR) is 160 cm³/mol. The number of hydrogen-bond donors (Lipinski definition) is 2. The number of rotatable bonds is 6. The molecular weight excluding hydrogens is 540 g/mol. The van der Waals surface area contributed by atoms with E-state index in [0.29, 0.717) is 21.9 Å². The summed E-state index contributed by atoms with van der Waals surface area (Å²) in [6.45, 7) is 20.7. The number of benzene rings is 2. The molecule has 0 aliphatic heterocycles. The summed E-state index contributed by atoms with van der Waals surface area (Å²) in [4.78, 5) is 52.5. The number of amides is 2. The van der Waals surface area contributed by atoms with Gasteiger partial charge in [0, 0.05) is 0 Å². The van der Waals surface area contributed by atoms with Gasteiger partial charge in [-0.2, -0.15) is 0 Å². The second-order valence-corrected chi connectivity index (χ2v) is 14.0. The van der Waals surface area contributed by atoms with Gasteiger partial charge in [-0.15, -0.1) is 0 Å². The molecule has 0 aliphatic rings. The van der Waals surface area contributed by atoms with Crippen LogP contribution in [0.1, 0.15) is 106 Å². The summed E-state index contributed by atoms with van der Waals surface area (Å²) in [6.07, 6.45) is -1.60. The highest BCUT2D eigenvalue weighted by molar-refractivity contribution is 5.97. The Hall–Kier alpha value is -3.82. The molecular formula is C32H46N2O8. The van der Waals surface area contributed by atoms with Crippen molar-refractivity contribution < 1.29 is 38.1 Å². The molecule has 2 rings (SSSR count). The maximum absolute atomic E-state index is 13.4. The Morgan fingerprint density at radius 2 is 0.786 bits per heavy atom. The van der Waals surface area contributed by atoms with Gasteiger partial charge < -0.3 is 29.6 Å². The number of alkyl carbamates (subject to hydrolysis) is 2. The Morgan fingerprint density at radius 3 is 1.05 bits per heavy atom. The molecule has 42 heavy (non-hydrogen) atoms. The minimum absolute atomic E-state index is 0.412. The molecule has 10 heteroatoms. The first-order valence-electron chi connectivity index (χ1n) is 13.9. The monoisotopic (exact) mass is 586 g/mol. The van der Waals surface area contributed by atoms with Crippen LogP contribution in [-0.4, -0.2) is 46.5 Å². The van der Waals surface area contributed by atoms with Crippen molar-refractivity contribution in [2.45, 2.75) is 118 Å². The zero-order valence-corrected chi connectivity index (χ0v) is 26.9. The van der Waals surface area contributed by atoms with E-state index in [1.165, 1.54) is 0 Å². The lowest BCUT2D eigenvalue weighted by atomic mass is 9.93. The van der Waals surface area contributed by atoms with Crippen LogP contribution in [0.4, 0.5) is 9.59 Å². The largest absolute Gasteiger partial charge is 0.458 e. The summed E-state index contributed by atoms with van der Waals surface area (Å²) >= 11 is 0. The van der Waals surface area contributed by atoms with Crippen LogP contribution in [0.2, 0.25) is 0 Å². The molecule has 0 aliphatic carbocycles. The third kappa shape index (κ3) is 10.9. The molecule has 2 atom stereocenters. The molecule has 0 spiro atoms. The van der Waals surface area contributed by atoms with Crippen molar-refractivity contribution in [3.63, 3.8) is 0 Å². The third-order valence-corrected chi connectivity index (χ3v) is 5.22. The Morgan fingerprint density at radius 1 is 0.500 bits per heavy atom. The van der Waals surface area contributed by atoms with Crippen LogP contribution in [0.5, 0.6) is 0 Å². The molecule has 2 N–H and O–H groups in total. The van der Waals surface area contributed by atoms with Gasteiger partial charge in [-0.3, -0.25) is 0 Å². The lowest BCUT2D eigenvalue weighted by Crippen LogP contribution is -2.41. The molecule has 2 unspecified atom stereocenters. The van der Waals surface area contributed by atoms with Gasteiger partial charge in [0.25, 0.3) is 0 Å². The van der Waals surface area contributed by atoms with Crippen LogP contribution in [0.15, 0.2) is 36.4 Å². The van der Waals surface area contributed by atoms with Gasteiger partial charge in [-0.05, 0) is 105 Å². The van der Waals surface area contributed by atoms with Crippen molar-refractivity contribution in [2.24, 2.45) is 0 Å². The second kappa shape index (κ2) is 12.6. The summed E-state index contributed by atoms with van der Waals surface area (Å²) in [6, 6.07) is 7.77. The minimum atomic E-state index is -1.24. The van der Waals surface area contributed by atoms with Crippen molar-refractivity contribution in [1.29, 1.82) is 0 Å². The van der Waals surface area contributed by atoms with Gasteiger partial charge in [0.1, 0.15) is 22.4 Å². The number of carbonyl (C=O) groups excluding carboxylic acids is 4. The van der Waals surface area contributed by atoms with E-state index in [1.54, 1.807) is 119 Å². The Bertz CT molecular complexity index is 1210.